The van der Waals surface area contributed by atoms with Gasteiger partial charge >= 0.3 is 5.63 Å². The predicted octanol–water partition coefficient (Wildman–Crippen LogP) is 2.61. The molecule has 1 aromatic heterocycles. The lowest BCUT2D eigenvalue weighted by Crippen LogP contribution is -2.44. The van der Waals surface area contributed by atoms with Crippen molar-refractivity contribution < 1.29 is 18.6 Å². The Balaban J connectivity index is 1.77. The van der Waals surface area contributed by atoms with Gasteiger partial charge in [0.1, 0.15) is 0 Å². The number of hydrogen-bond acceptors (Lipinski definition) is 7. The summed E-state index contributed by atoms with van der Waals surface area (Å²) in [6.45, 7) is 10.6. The fraction of sp³-hybridized carbons (Fsp3) is 0.571. The minimum atomic E-state index is -0.415. The number of rotatable bonds is 9. The second kappa shape index (κ2) is 9.80. The molecule has 0 aliphatic carbocycles. The lowest BCUT2D eigenvalue weighted by atomic mass is 10.2. The fourth-order valence-corrected chi connectivity index (χ4v) is 3.35. The normalized spacial score (nSPS) is 15.7. The van der Waals surface area contributed by atoms with Crippen molar-refractivity contribution in [3.63, 3.8) is 0 Å². The Morgan fingerprint density at radius 2 is 1.75 bits per heavy atom. The molecule has 0 unspecified atom stereocenters. The third kappa shape index (κ3) is 4.97. The van der Waals surface area contributed by atoms with Crippen molar-refractivity contribution in [3.05, 3.63) is 28.6 Å². The van der Waals surface area contributed by atoms with E-state index >= 15 is 0 Å². The number of fused-ring (bicyclic) bond motifs is 1. The Morgan fingerprint density at radius 1 is 1.00 bits per heavy atom. The summed E-state index contributed by atoms with van der Waals surface area (Å²) in [5, 5.41) is 0.751. The first-order valence-electron chi connectivity index (χ1n) is 10.0. The van der Waals surface area contributed by atoms with E-state index in [4.69, 9.17) is 18.6 Å². The summed E-state index contributed by atoms with van der Waals surface area (Å²) in [4.78, 5) is 16.6. The number of piperazine rings is 1. The van der Waals surface area contributed by atoms with Crippen molar-refractivity contribution in [2.24, 2.45) is 0 Å². The van der Waals surface area contributed by atoms with Crippen LogP contribution >= 0.6 is 0 Å². The molecule has 1 fully saturated rings. The van der Waals surface area contributed by atoms with Crippen LogP contribution in [0.5, 0.6) is 17.2 Å². The van der Waals surface area contributed by atoms with E-state index in [0.29, 0.717) is 42.7 Å². The van der Waals surface area contributed by atoms with Crippen molar-refractivity contribution in [1.29, 1.82) is 0 Å². The lowest BCUT2D eigenvalue weighted by Gasteiger charge is -2.32. The number of likely N-dealkylation sites (N-methyl/N-ethyl adjacent to an activating group) is 1. The third-order valence-electron chi connectivity index (χ3n) is 4.84. The number of benzene rings is 1. The van der Waals surface area contributed by atoms with Gasteiger partial charge in [-0.05, 0) is 39.4 Å². The quantitative estimate of drug-likeness (QED) is 0.482. The Kier molecular flexibility index (Phi) is 7.17. The first-order chi connectivity index (χ1) is 13.6. The molecular weight excluding hydrogens is 360 g/mol. The van der Waals surface area contributed by atoms with E-state index in [0.717, 1.165) is 44.5 Å². The molecule has 0 atom stereocenters. The summed E-state index contributed by atoms with van der Waals surface area (Å²) in [6, 6.07) is 4.94. The molecular formula is C21H30N2O5. The summed E-state index contributed by atoms with van der Waals surface area (Å²) < 4.78 is 23.1. The molecule has 7 nitrogen and oxygen atoms in total. The largest absolute Gasteiger partial charge is 0.490 e. The van der Waals surface area contributed by atoms with Gasteiger partial charge in [0.15, 0.2) is 11.3 Å². The van der Waals surface area contributed by atoms with Crippen molar-refractivity contribution in [2.75, 3.05) is 59.6 Å². The molecule has 7 heteroatoms. The Bertz CT molecular complexity index is 827. The fourth-order valence-electron chi connectivity index (χ4n) is 3.35. The van der Waals surface area contributed by atoms with Crippen LogP contribution < -0.4 is 19.8 Å². The van der Waals surface area contributed by atoms with Crippen molar-refractivity contribution in [3.8, 4) is 17.2 Å². The Morgan fingerprint density at radius 3 is 2.46 bits per heavy atom. The monoisotopic (exact) mass is 390 g/mol. The van der Waals surface area contributed by atoms with Crippen molar-refractivity contribution in [2.45, 2.75) is 20.3 Å². The second-order valence-electron chi connectivity index (χ2n) is 6.92. The average molecular weight is 390 g/mol. The van der Waals surface area contributed by atoms with E-state index in [2.05, 4.69) is 16.8 Å². The Labute approximate surface area is 165 Å². The van der Waals surface area contributed by atoms with Crippen molar-refractivity contribution >= 4 is 11.0 Å². The summed E-state index contributed by atoms with van der Waals surface area (Å²) >= 11 is 0. The molecule has 1 saturated heterocycles. The molecule has 1 aromatic carbocycles. The topological polar surface area (TPSA) is 64.4 Å². The molecule has 0 N–H and O–H groups in total. The summed E-state index contributed by atoms with van der Waals surface area (Å²) in [5.41, 5.74) is -0.0135. The zero-order valence-corrected chi connectivity index (χ0v) is 17.0. The van der Waals surface area contributed by atoms with Gasteiger partial charge in [0, 0.05) is 44.2 Å². The highest BCUT2D eigenvalue weighted by Gasteiger charge is 2.20. The second-order valence-corrected chi connectivity index (χ2v) is 6.92. The van der Waals surface area contributed by atoms with Crippen LogP contribution in [0.3, 0.4) is 0 Å². The molecule has 154 valence electrons. The first kappa shape index (κ1) is 20.5. The van der Waals surface area contributed by atoms with E-state index in [-0.39, 0.29) is 0 Å². The average Bonchev–Trinajstić information content (AvgIpc) is 2.69. The van der Waals surface area contributed by atoms with E-state index in [1.807, 2.05) is 19.9 Å². The summed E-state index contributed by atoms with van der Waals surface area (Å²) in [5.74, 6) is 1.53. The highest BCUT2D eigenvalue weighted by atomic mass is 16.5. The van der Waals surface area contributed by atoms with Gasteiger partial charge in [-0.2, -0.15) is 0 Å². The van der Waals surface area contributed by atoms with Crippen molar-refractivity contribution in [1.82, 2.24) is 9.80 Å². The SMILES string of the molecule is CCOc1cc2ccc(=O)oc2c(OCCCN2CCN(C)CC2)c1OCC. The molecule has 0 saturated carbocycles. The van der Waals surface area contributed by atoms with Gasteiger partial charge in [-0.15, -0.1) is 0 Å². The third-order valence-corrected chi connectivity index (χ3v) is 4.84. The van der Waals surface area contributed by atoms with Gasteiger partial charge in [-0.1, -0.05) is 0 Å². The van der Waals surface area contributed by atoms with Crippen LogP contribution in [0.15, 0.2) is 27.4 Å². The number of nitrogens with zero attached hydrogens (tertiary/aromatic N) is 2. The predicted molar refractivity (Wildman–Crippen MR) is 109 cm³/mol. The summed E-state index contributed by atoms with van der Waals surface area (Å²) in [7, 11) is 2.15. The number of ether oxygens (including phenoxy) is 3. The summed E-state index contributed by atoms with van der Waals surface area (Å²) in [6.07, 6.45) is 0.882. The van der Waals surface area contributed by atoms with Crippen LogP contribution in [0.2, 0.25) is 0 Å². The highest BCUT2D eigenvalue weighted by molar-refractivity contribution is 5.88. The molecule has 0 radical (unpaired) electrons. The molecule has 2 aromatic rings. The smallest absolute Gasteiger partial charge is 0.336 e. The molecule has 0 spiro atoms. The first-order valence-corrected chi connectivity index (χ1v) is 10.0. The van der Waals surface area contributed by atoms with E-state index in [1.165, 1.54) is 6.07 Å². The molecule has 0 amide bonds. The van der Waals surface area contributed by atoms with Gasteiger partial charge in [-0.3, -0.25) is 0 Å². The van der Waals surface area contributed by atoms with Gasteiger partial charge in [0.05, 0.1) is 19.8 Å². The molecule has 1 aliphatic heterocycles. The molecule has 28 heavy (non-hydrogen) atoms. The van der Waals surface area contributed by atoms with E-state index in [1.54, 1.807) is 6.07 Å². The highest BCUT2D eigenvalue weighted by Crippen LogP contribution is 2.43. The van der Waals surface area contributed by atoms with Crippen LogP contribution in [0.1, 0.15) is 20.3 Å². The maximum Gasteiger partial charge on any atom is 0.336 e. The van der Waals surface area contributed by atoms with Gasteiger partial charge in [-0.25, -0.2) is 4.79 Å². The maximum absolute atomic E-state index is 11.8. The molecule has 0 bridgehead atoms. The van der Waals surface area contributed by atoms with Crippen LogP contribution in [-0.4, -0.2) is 69.4 Å². The minimum Gasteiger partial charge on any atom is -0.490 e. The lowest BCUT2D eigenvalue weighted by molar-refractivity contribution is 0.145. The zero-order chi connectivity index (χ0) is 19.9. The van der Waals surface area contributed by atoms with Gasteiger partial charge in [0.2, 0.25) is 11.5 Å². The van der Waals surface area contributed by atoms with E-state index < -0.39 is 5.63 Å². The molecule has 2 heterocycles. The maximum atomic E-state index is 11.8. The molecule has 1 aliphatic rings. The van der Waals surface area contributed by atoms with Gasteiger partial charge < -0.3 is 28.4 Å². The van der Waals surface area contributed by atoms with Crippen LogP contribution in [0.4, 0.5) is 0 Å². The standard InChI is InChI=1S/C21H30N2O5/c1-4-25-17-15-16-7-8-18(24)28-19(16)21(20(17)26-5-2)27-14-6-9-23-12-10-22(3)11-13-23/h7-8,15H,4-6,9-14H2,1-3H3. The Hall–Kier alpha value is -2.25. The van der Waals surface area contributed by atoms with Crippen LogP contribution in [0.25, 0.3) is 11.0 Å². The van der Waals surface area contributed by atoms with E-state index in [9.17, 15) is 4.79 Å². The minimum absolute atomic E-state index is 0.402. The van der Waals surface area contributed by atoms with Crippen LogP contribution in [0, 0.1) is 0 Å². The van der Waals surface area contributed by atoms with Crippen LogP contribution in [-0.2, 0) is 0 Å². The molecule has 3 rings (SSSR count). The zero-order valence-electron chi connectivity index (χ0n) is 17.0. The number of hydrogen-bond donors (Lipinski definition) is 0. The van der Waals surface area contributed by atoms with Gasteiger partial charge in [0.25, 0.3) is 0 Å².